The first-order valence-electron chi connectivity index (χ1n) is 7.27. The van der Waals surface area contributed by atoms with Gasteiger partial charge in [0.1, 0.15) is 5.75 Å². The maximum atomic E-state index is 12.4. The first kappa shape index (κ1) is 15.8. The molecule has 5 heteroatoms. The zero-order chi connectivity index (χ0) is 15.4. The van der Waals surface area contributed by atoms with Gasteiger partial charge in [0, 0.05) is 13.1 Å². The van der Waals surface area contributed by atoms with Crippen LogP contribution in [0, 0.1) is 13.8 Å². The molecule has 1 aromatic carbocycles. The van der Waals surface area contributed by atoms with Gasteiger partial charge in [-0.1, -0.05) is 12.1 Å². The number of amides is 1. The normalized spacial score (nSPS) is 16.7. The maximum absolute atomic E-state index is 12.4. The van der Waals surface area contributed by atoms with E-state index in [9.17, 15) is 9.90 Å². The molecule has 0 radical (unpaired) electrons. The molecular weight excluding hydrogens is 270 g/mol. The minimum absolute atomic E-state index is 0.00419. The molecule has 1 aliphatic heterocycles. The number of hydrogen-bond donors (Lipinski definition) is 1. The zero-order valence-corrected chi connectivity index (χ0v) is 12.9. The second-order valence-corrected chi connectivity index (χ2v) is 5.41. The molecule has 1 aromatic rings. The van der Waals surface area contributed by atoms with E-state index >= 15 is 0 Å². The number of carbonyl (C=O) groups is 1. The molecule has 1 aliphatic rings. The van der Waals surface area contributed by atoms with Crippen molar-refractivity contribution in [3.05, 3.63) is 28.8 Å². The predicted octanol–water partition coefficient (Wildman–Crippen LogP) is 1.42. The summed E-state index contributed by atoms with van der Waals surface area (Å²) >= 11 is 0. The molecule has 21 heavy (non-hydrogen) atoms. The molecule has 1 N–H and O–H groups in total. The SMILES string of the molecule is Cc1cc(CO)cc(C)c1OC(C)C(=O)N1CCOCC1. The van der Waals surface area contributed by atoms with Gasteiger partial charge in [0.2, 0.25) is 0 Å². The molecular formula is C16H23NO4. The van der Waals surface area contributed by atoms with Crippen molar-refractivity contribution < 1.29 is 19.4 Å². The molecule has 0 aromatic heterocycles. The average Bonchev–Trinajstić information content (AvgIpc) is 2.50. The van der Waals surface area contributed by atoms with Crippen LogP contribution < -0.4 is 4.74 Å². The highest BCUT2D eigenvalue weighted by Crippen LogP contribution is 2.26. The number of aryl methyl sites for hydroxylation is 2. The number of aliphatic hydroxyl groups excluding tert-OH is 1. The molecule has 1 heterocycles. The third-order valence-corrected chi connectivity index (χ3v) is 3.67. The Morgan fingerprint density at radius 3 is 2.43 bits per heavy atom. The largest absolute Gasteiger partial charge is 0.480 e. The molecule has 0 bridgehead atoms. The first-order valence-corrected chi connectivity index (χ1v) is 7.27. The molecule has 116 valence electrons. The van der Waals surface area contributed by atoms with Gasteiger partial charge in [-0.05, 0) is 37.5 Å². The number of rotatable bonds is 4. The molecule has 0 saturated carbocycles. The van der Waals surface area contributed by atoms with E-state index in [1.165, 1.54) is 0 Å². The quantitative estimate of drug-likeness (QED) is 0.912. The Bertz CT molecular complexity index is 486. The minimum Gasteiger partial charge on any atom is -0.480 e. The fourth-order valence-electron chi connectivity index (χ4n) is 2.59. The van der Waals surface area contributed by atoms with Gasteiger partial charge in [-0.15, -0.1) is 0 Å². The van der Waals surface area contributed by atoms with E-state index < -0.39 is 6.10 Å². The van der Waals surface area contributed by atoms with Crippen LogP contribution in [0.2, 0.25) is 0 Å². The lowest BCUT2D eigenvalue weighted by Gasteiger charge is -2.29. The number of ether oxygens (including phenoxy) is 2. The van der Waals surface area contributed by atoms with E-state index in [1.807, 2.05) is 26.0 Å². The van der Waals surface area contributed by atoms with Crippen molar-refractivity contribution in [3.8, 4) is 5.75 Å². The summed E-state index contributed by atoms with van der Waals surface area (Å²) in [5, 5.41) is 9.20. The number of nitrogens with zero attached hydrogens (tertiary/aromatic N) is 1. The van der Waals surface area contributed by atoms with E-state index in [0.717, 1.165) is 22.4 Å². The summed E-state index contributed by atoms with van der Waals surface area (Å²) in [7, 11) is 0. The summed E-state index contributed by atoms with van der Waals surface area (Å²) in [5.74, 6) is 0.713. The number of hydrogen-bond acceptors (Lipinski definition) is 4. The Balaban J connectivity index is 2.08. The third-order valence-electron chi connectivity index (χ3n) is 3.67. The number of benzene rings is 1. The van der Waals surface area contributed by atoms with Gasteiger partial charge in [-0.3, -0.25) is 4.79 Å². The van der Waals surface area contributed by atoms with Crippen LogP contribution >= 0.6 is 0 Å². The van der Waals surface area contributed by atoms with E-state index in [0.29, 0.717) is 26.3 Å². The highest BCUT2D eigenvalue weighted by Gasteiger charge is 2.24. The van der Waals surface area contributed by atoms with Crippen molar-refractivity contribution in [1.29, 1.82) is 0 Å². The summed E-state index contributed by atoms with van der Waals surface area (Å²) in [6, 6.07) is 3.77. The van der Waals surface area contributed by atoms with Crippen molar-refractivity contribution >= 4 is 5.91 Å². The number of carbonyl (C=O) groups excluding carboxylic acids is 1. The summed E-state index contributed by atoms with van der Waals surface area (Å²) in [5.41, 5.74) is 2.71. The summed E-state index contributed by atoms with van der Waals surface area (Å²) in [4.78, 5) is 14.1. The second kappa shape index (κ2) is 6.91. The van der Waals surface area contributed by atoms with Gasteiger partial charge in [-0.25, -0.2) is 0 Å². The fraction of sp³-hybridized carbons (Fsp3) is 0.562. The molecule has 5 nitrogen and oxygen atoms in total. The van der Waals surface area contributed by atoms with Crippen molar-refractivity contribution in [2.45, 2.75) is 33.5 Å². The van der Waals surface area contributed by atoms with Crippen molar-refractivity contribution in [1.82, 2.24) is 4.90 Å². The van der Waals surface area contributed by atoms with Gasteiger partial charge in [0.15, 0.2) is 6.10 Å². The van der Waals surface area contributed by atoms with E-state index in [-0.39, 0.29) is 12.5 Å². The highest BCUT2D eigenvalue weighted by atomic mass is 16.5. The highest BCUT2D eigenvalue weighted by molar-refractivity contribution is 5.81. The van der Waals surface area contributed by atoms with Gasteiger partial charge < -0.3 is 19.5 Å². The van der Waals surface area contributed by atoms with Crippen molar-refractivity contribution in [2.75, 3.05) is 26.3 Å². The molecule has 1 amide bonds. The standard InChI is InChI=1S/C16H23NO4/c1-11-8-14(10-18)9-12(2)15(11)21-13(3)16(19)17-4-6-20-7-5-17/h8-9,13,18H,4-7,10H2,1-3H3. The summed E-state index contributed by atoms with van der Waals surface area (Å²) in [6.45, 7) is 8.03. The molecule has 1 atom stereocenters. The summed E-state index contributed by atoms with van der Waals surface area (Å²) < 4.78 is 11.1. The maximum Gasteiger partial charge on any atom is 0.263 e. The summed E-state index contributed by atoms with van der Waals surface area (Å²) in [6.07, 6.45) is -0.527. The first-order chi connectivity index (χ1) is 10.0. The lowest BCUT2D eigenvalue weighted by atomic mass is 10.1. The van der Waals surface area contributed by atoms with Gasteiger partial charge in [0.05, 0.1) is 19.8 Å². The Morgan fingerprint density at radius 1 is 1.33 bits per heavy atom. The second-order valence-electron chi connectivity index (χ2n) is 5.41. The Hall–Kier alpha value is -1.59. The smallest absolute Gasteiger partial charge is 0.263 e. The van der Waals surface area contributed by atoms with Gasteiger partial charge >= 0.3 is 0 Å². The molecule has 0 spiro atoms. The molecule has 0 aliphatic carbocycles. The Labute approximate surface area is 125 Å². The van der Waals surface area contributed by atoms with Crippen LogP contribution in [0.25, 0.3) is 0 Å². The predicted molar refractivity (Wildman–Crippen MR) is 79.3 cm³/mol. The van der Waals surface area contributed by atoms with Crippen LogP contribution in [0.5, 0.6) is 5.75 Å². The van der Waals surface area contributed by atoms with E-state index in [1.54, 1.807) is 11.8 Å². The zero-order valence-electron chi connectivity index (χ0n) is 12.9. The topological polar surface area (TPSA) is 59.0 Å². The molecule has 1 unspecified atom stereocenters. The molecule has 1 saturated heterocycles. The van der Waals surface area contributed by atoms with Crippen LogP contribution in [0.1, 0.15) is 23.6 Å². The monoisotopic (exact) mass is 293 g/mol. The van der Waals surface area contributed by atoms with Crippen LogP contribution in [0.4, 0.5) is 0 Å². The third kappa shape index (κ3) is 3.74. The van der Waals surface area contributed by atoms with Crippen LogP contribution in [0.15, 0.2) is 12.1 Å². The number of morpholine rings is 1. The van der Waals surface area contributed by atoms with Crippen LogP contribution in [0.3, 0.4) is 0 Å². The van der Waals surface area contributed by atoms with Gasteiger partial charge in [-0.2, -0.15) is 0 Å². The minimum atomic E-state index is -0.527. The van der Waals surface area contributed by atoms with Crippen LogP contribution in [-0.2, 0) is 16.1 Å². The van der Waals surface area contributed by atoms with E-state index in [2.05, 4.69) is 0 Å². The Kier molecular flexibility index (Phi) is 5.20. The molecule has 1 fully saturated rings. The Morgan fingerprint density at radius 2 is 1.90 bits per heavy atom. The van der Waals surface area contributed by atoms with Crippen molar-refractivity contribution in [3.63, 3.8) is 0 Å². The van der Waals surface area contributed by atoms with E-state index in [4.69, 9.17) is 9.47 Å². The lowest BCUT2D eigenvalue weighted by Crippen LogP contribution is -2.46. The van der Waals surface area contributed by atoms with Crippen molar-refractivity contribution in [2.24, 2.45) is 0 Å². The molecule has 2 rings (SSSR count). The average molecular weight is 293 g/mol. The lowest BCUT2D eigenvalue weighted by molar-refractivity contribution is -0.142. The van der Waals surface area contributed by atoms with Crippen LogP contribution in [-0.4, -0.2) is 48.3 Å². The fourth-order valence-corrected chi connectivity index (χ4v) is 2.59. The number of aliphatic hydroxyl groups is 1. The van der Waals surface area contributed by atoms with Gasteiger partial charge in [0.25, 0.3) is 5.91 Å².